The number of ether oxygens (including phenoxy) is 1. The Bertz CT molecular complexity index is 623. The molecule has 0 aromatic carbocycles. The molecule has 0 fully saturated rings. The lowest BCUT2D eigenvalue weighted by Gasteiger charge is -2.10. The minimum Gasteiger partial charge on any atom is -0.461 e. The topological polar surface area (TPSA) is 70.6 Å². The molecule has 2 heterocycles. The standard InChI is InChI=1S/C16H22N4O2/c1-4-22-16(21)15-14(18-11-19(2)3)12(10-17)13-8-6-5-7-9-20(13)15/h11H,4-9H2,1-3H3. The summed E-state index contributed by atoms with van der Waals surface area (Å²) in [5.41, 5.74) is 2.26. The fraction of sp³-hybridized carbons (Fsp3) is 0.562. The summed E-state index contributed by atoms with van der Waals surface area (Å²) >= 11 is 0. The van der Waals surface area contributed by atoms with Gasteiger partial charge in [0, 0.05) is 26.3 Å². The van der Waals surface area contributed by atoms with Crippen LogP contribution in [0.1, 0.15) is 47.9 Å². The molecule has 118 valence electrons. The summed E-state index contributed by atoms with van der Waals surface area (Å²) in [5, 5.41) is 9.55. The van der Waals surface area contributed by atoms with Crippen LogP contribution in [0.25, 0.3) is 0 Å². The average Bonchev–Trinajstić information content (AvgIpc) is 2.61. The lowest BCUT2D eigenvalue weighted by Crippen LogP contribution is -2.14. The van der Waals surface area contributed by atoms with Gasteiger partial charge in [0.05, 0.1) is 18.5 Å². The third kappa shape index (κ3) is 3.14. The van der Waals surface area contributed by atoms with Crippen molar-refractivity contribution in [3.05, 3.63) is 17.0 Å². The molecule has 0 radical (unpaired) electrons. The number of nitrogens with zero attached hydrogens (tertiary/aromatic N) is 4. The maximum atomic E-state index is 12.4. The molecule has 1 aromatic rings. The number of aliphatic imine (C=N–C) groups is 1. The summed E-state index contributed by atoms with van der Waals surface area (Å²) in [6, 6.07) is 2.23. The molecule has 0 N–H and O–H groups in total. The number of aromatic nitrogens is 1. The van der Waals surface area contributed by atoms with E-state index in [4.69, 9.17) is 4.74 Å². The summed E-state index contributed by atoms with van der Waals surface area (Å²) in [6.07, 6.45) is 5.53. The molecule has 1 aromatic heterocycles. The molecule has 0 atom stereocenters. The van der Waals surface area contributed by atoms with Gasteiger partial charge in [-0.25, -0.2) is 9.79 Å². The van der Waals surface area contributed by atoms with Crippen LogP contribution in [0, 0.1) is 11.3 Å². The normalized spacial score (nSPS) is 14.3. The summed E-state index contributed by atoms with van der Waals surface area (Å²) in [6.45, 7) is 2.81. The van der Waals surface area contributed by atoms with E-state index in [9.17, 15) is 10.1 Å². The van der Waals surface area contributed by atoms with E-state index in [0.717, 1.165) is 37.9 Å². The lowest BCUT2D eigenvalue weighted by molar-refractivity contribution is 0.0514. The van der Waals surface area contributed by atoms with Gasteiger partial charge in [0.25, 0.3) is 0 Å². The van der Waals surface area contributed by atoms with E-state index in [-0.39, 0.29) is 0 Å². The van der Waals surface area contributed by atoms with Gasteiger partial charge in [-0.3, -0.25) is 0 Å². The van der Waals surface area contributed by atoms with Gasteiger partial charge in [0.2, 0.25) is 0 Å². The molecule has 0 unspecified atom stereocenters. The van der Waals surface area contributed by atoms with Crippen LogP contribution in [0.2, 0.25) is 0 Å². The third-order valence-electron chi connectivity index (χ3n) is 3.64. The Hall–Kier alpha value is -2.29. The van der Waals surface area contributed by atoms with Crippen LogP contribution in [-0.2, 0) is 17.7 Å². The molecule has 2 rings (SSSR count). The van der Waals surface area contributed by atoms with Crippen molar-refractivity contribution in [1.29, 1.82) is 5.26 Å². The van der Waals surface area contributed by atoms with Gasteiger partial charge in [0.1, 0.15) is 11.8 Å². The molecule has 22 heavy (non-hydrogen) atoms. The highest BCUT2D eigenvalue weighted by Gasteiger charge is 2.28. The van der Waals surface area contributed by atoms with E-state index in [0.29, 0.717) is 23.6 Å². The van der Waals surface area contributed by atoms with Crippen molar-refractivity contribution >= 4 is 18.0 Å². The van der Waals surface area contributed by atoms with Crippen LogP contribution < -0.4 is 0 Å². The molecule has 1 aliphatic rings. The van der Waals surface area contributed by atoms with Crippen molar-refractivity contribution in [2.24, 2.45) is 4.99 Å². The van der Waals surface area contributed by atoms with Crippen molar-refractivity contribution in [2.75, 3.05) is 20.7 Å². The first-order valence-electron chi connectivity index (χ1n) is 7.63. The summed E-state index contributed by atoms with van der Waals surface area (Å²) in [5.74, 6) is -0.405. The number of rotatable bonds is 4. The van der Waals surface area contributed by atoms with E-state index in [2.05, 4.69) is 11.1 Å². The van der Waals surface area contributed by atoms with Crippen molar-refractivity contribution in [1.82, 2.24) is 9.47 Å². The molecule has 0 saturated carbocycles. The molecule has 0 bridgehead atoms. The monoisotopic (exact) mass is 302 g/mol. The number of carbonyl (C=O) groups excluding carboxylic acids is 1. The minimum atomic E-state index is -0.405. The van der Waals surface area contributed by atoms with E-state index in [1.165, 1.54) is 0 Å². The first-order valence-corrected chi connectivity index (χ1v) is 7.63. The van der Waals surface area contributed by atoms with Crippen molar-refractivity contribution in [3.63, 3.8) is 0 Å². The van der Waals surface area contributed by atoms with Gasteiger partial charge in [0.15, 0.2) is 5.69 Å². The highest BCUT2D eigenvalue weighted by molar-refractivity contribution is 5.96. The number of hydrogen-bond acceptors (Lipinski definition) is 4. The molecule has 6 heteroatoms. The quantitative estimate of drug-likeness (QED) is 0.487. The second kappa shape index (κ2) is 7.12. The Labute approximate surface area is 131 Å². The van der Waals surface area contributed by atoms with Crippen LogP contribution in [0.4, 0.5) is 5.69 Å². The van der Waals surface area contributed by atoms with Crippen LogP contribution in [0.15, 0.2) is 4.99 Å². The van der Waals surface area contributed by atoms with E-state index in [1.807, 2.05) is 18.7 Å². The fourth-order valence-electron chi connectivity index (χ4n) is 2.72. The number of fused-ring (bicyclic) bond motifs is 1. The SMILES string of the molecule is CCOC(=O)c1c(N=CN(C)C)c(C#N)c2n1CCCCC2. The Morgan fingerprint density at radius 2 is 2.23 bits per heavy atom. The van der Waals surface area contributed by atoms with E-state index in [1.54, 1.807) is 18.2 Å². The first-order chi connectivity index (χ1) is 10.6. The lowest BCUT2D eigenvalue weighted by atomic mass is 10.1. The van der Waals surface area contributed by atoms with Crippen molar-refractivity contribution in [3.8, 4) is 6.07 Å². The van der Waals surface area contributed by atoms with Gasteiger partial charge < -0.3 is 14.2 Å². The Morgan fingerprint density at radius 1 is 1.45 bits per heavy atom. The largest absolute Gasteiger partial charge is 0.461 e. The molecule has 0 amide bonds. The number of esters is 1. The van der Waals surface area contributed by atoms with Crippen LogP contribution in [0.5, 0.6) is 0 Å². The van der Waals surface area contributed by atoms with Gasteiger partial charge >= 0.3 is 5.97 Å². The second-order valence-corrected chi connectivity index (χ2v) is 5.52. The molecular formula is C16H22N4O2. The maximum Gasteiger partial charge on any atom is 0.357 e. The fourth-order valence-corrected chi connectivity index (χ4v) is 2.72. The van der Waals surface area contributed by atoms with Crippen molar-refractivity contribution in [2.45, 2.75) is 39.2 Å². The average molecular weight is 302 g/mol. The predicted octanol–water partition coefficient (Wildman–Crippen LogP) is 2.48. The maximum absolute atomic E-state index is 12.4. The molecule has 1 aliphatic heterocycles. The van der Waals surface area contributed by atoms with Crippen LogP contribution >= 0.6 is 0 Å². The second-order valence-electron chi connectivity index (χ2n) is 5.52. The van der Waals surface area contributed by atoms with E-state index < -0.39 is 5.97 Å². The van der Waals surface area contributed by atoms with Gasteiger partial charge in [-0.15, -0.1) is 0 Å². The van der Waals surface area contributed by atoms with Gasteiger partial charge in [-0.05, 0) is 26.2 Å². The summed E-state index contributed by atoms with van der Waals surface area (Å²) in [4.78, 5) is 18.5. The first kappa shape index (κ1) is 16.1. The van der Waals surface area contributed by atoms with Crippen LogP contribution in [-0.4, -0.2) is 42.5 Å². The number of carbonyl (C=O) groups is 1. The Kier molecular flexibility index (Phi) is 5.21. The number of hydrogen-bond donors (Lipinski definition) is 0. The van der Waals surface area contributed by atoms with Gasteiger partial charge in [-0.1, -0.05) is 6.42 Å². The molecule has 0 aliphatic carbocycles. The summed E-state index contributed by atoms with van der Waals surface area (Å²) < 4.78 is 7.12. The highest BCUT2D eigenvalue weighted by Crippen LogP contribution is 2.34. The minimum absolute atomic E-state index is 0.304. The van der Waals surface area contributed by atoms with Gasteiger partial charge in [-0.2, -0.15) is 5.26 Å². The van der Waals surface area contributed by atoms with Crippen molar-refractivity contribution < 1.29 is 9.53 Å². The van der Waals surface area contributed by atoms with E-state index >= 15 is 0 Å². The zero-order valence-electron chi connectivity index (χ0n) is 13.4. The Morgan fingerprint density at radius 3 is 2.86 bits per heavy atom. The molecule has 0 saturated heterocycles. The Balaban J connectivity index is 2.63. The predicted molar refractivity (Wildman–Crippen MR) is 84.5 cm³/mol. The molecule has 6 nitrogen and oxygen atoms in total. The molecule has 0 spiro atoms. The summed E-state index contributed by atoms with van der Waals surface area (Å²) in [7, 11) is 3.70. The highest BCUT2D eigenvalue weighted by atomic mass is 16.5. The smallest absolute Gasteiger partial charge is 0.357 e. The zero-order chi connectivity index (χ0) is 16.1. The third-order valence-corrected chi connectivity index (χ3v) is 3.64. The molecular weight excluding hydrogens is 280 g/mol. The van der Waals surface area contributed by atoms with Crippen LogP contribution in [0.3, 0.4) is 0 Å². The zero-order valence-corrected chi connectivity index (χ0v) is 13.4. The number of nitriles is 1.